The van der Waals surface area contributed by atoms with Crippen LogP contribution in [0, 0.1) is 11.8 Å². The molecular weight excluding hydrogens is 386 g/mol. The maximum absolute atomic E-state index is 12.1. The third-order valence-electron chi connectivity index (χ3n) is 5.35. The van der Waals surface area contributed by atoms with E-state index in [1.807, 2.05) is 25.1 Å². The zero-order chi connectivity index (χ0) is 21.3. The minimum Gasteiger partial charge on any atom is -0.477 e. The number of likely N-dealkylation sites (N-methyl/N-ethyl adjacent to an activating group) is 1. The molecule has 0 saturated carbocycles. The fourth-order valence-corrected chi connectivity index (χ4v) is 3.72. The molecule has 1 aromatic heterocycles. The molecule has 1 amide bonds. The number of fused-ring (bicyclic) bond motifs is 1. The second-order valence-corrected chi connectivity index (χ2v) is 7.48. The molecular formula is C22H25N3O5. The number of amides is 1. The minimum absolute atomic E-state index is 0.286. The number of aliphatic hydroxyl groups excluding tert-OH is 1. The van der Waals surface area contributed by atoms with E-state index in [2.05, 4.69) is 16.9 Å². The quantitative estimate of drug-likeness (QED) is 0.579. The number of carbonyl (C=O) groups is 1. The molecule has 3 heterocycles. The van der Waals surface area contributed by atoms with Crippen molar-refractivity contribution in [1.29, 1.82) is 0 Å². The summed E-state index contributed by atoms with van der Waals surface area (Å²) in [7, 11) is 1.65. The second-order valence-electron chi connectivity index (χ2n) is 7.48. The van der Waals surface area contributed by atoms with Gasteiger partial charge in [0.1, 0.15) is 5.69 Å². The number of aromatic nitrogens is 2. The van der Waals surface area contributed by atoms with Gasteiger partial charge in [0.25, 0.3) is 5.91 Å². The average molecular weight is 411 g/mol. The van der Waals surface area contributed by atoms with E-state index in [9.17, 15) is 15.0 Å². The van der Waals surface area contributed by atoms with Gasteiger partial charge in [0, 0.05) is 37.7 Å². The van der Waals surface area contributed by atoms with E-state index in [0.717, 1.165) is 18.4 Å². The summed E-state index contributed by atoms with van der Waals surface area (Å²) in [5, 5.41) is 25.4. The zero-order valence-corrected chi connectivity index (χ0v) is 17.1. The largest absolute Gasteiger partial charge is 0.477 e. The monoisotopic (exact) mass is 411 g/mol. The van der Waals surface area contributed by atoms with E-state index in [1.54, 1.807) is 17.8 Å². The summed E-state index contributed by atoms with van der Waals surface area (Å²) in [4.78, 5) is 13.6. The molecule has 0 radical (unpaired) electrons. The number of rotatable bonds is 4. The normalized spacial score (nSPS) is 21.6. The van der Waals surface area contributed by atoms with Gasteiger partial charge in [-0.15, -0.1) is 0 Å². The van der Waals surface area contributed by atoms with Gasteiger partial charge in [-0.2, -0.15) is 5.10 Å². The molecule has 2 N–H and O–H groups in total. The molecule has 0 bridgehead atoms. The first-order chi connectivity index (χ1) is 14.4. The second kappa shape index (κ2) is 8.11. The first-order valence-corrected chi connectivity index (χ1v) is 10.1. The third-order valence-corrected chi connectivity index (χ3v) is 5.35. The van der Waals surface area contributed by atoms with Gasteiger partial charge in [0.15, 0.2) is 0 Å². The van der Waals surface area contributed by atoms with E-state index in [1.165, 1.54) is 4.90 Å². The summed E-state index contributed by atoms with van der Waals surface area (Å²) in [6, 6.07) is 7.29. The number of ether oxygens (including phenoxy) is 2. The Morgan fingerprint density at radius 2 is 2.27 bits per heavy atom. The molecule has 8 nitrogen and oxygen atoms in total. The molecule has 2 atom stereocenters. The van der Waals surface area contributed by atoms with Crippen molar-refractivity contribution in [3.8, 4) is 23.4 Å². The topological polar surface area (TPSA) is 97.0 Å². The van der Waals surface area contributed by atoms with Gasteiger partial charge in [0.05, 0.1) is 12.3 Å². The van der Waals surface area contributed by atoms with Crippen molar-refractivity contribution in [1.82, 2.24) is 14.7 Å². The maximum atomic E-state index is 12.1. The third kappa shape index (κ3) is 3.67. The first kappa shape index (κ1) is 20.4. The summed E-state index contributed by atoms with van der Waals surface area (Å²) in [5.41, 5.74) is 0.990. The van der Waals surface area contributed by atoms with E-state index in [-0.39, 0.29) is 12.3 Å². The Morgan fingerprint density at radius 1 is 1.43 bits per heavy atom. The lowest BCUT2D eigenvalue weighted by molar-refractivity contribution is -0.137. The lowest BCUT2D eigenvalue weighted by atomic mass is 10.0. The highest BCUT2D eigenvalue weighted by Crippen LogP contribution is 2.34. The van der Waals surface area contributed by atoms with E-state index in [0.29, 0.717) is 42.6 Å². The summed E-state index contributed by atoms with van der Waals surface area (Å²) >= 11 is 0. The molecule has 0 spiro atoms. The van der Waals surface area contributed by atoms with Gasteiger partial charge < -0.3 is 24.6 Å². The van der Waals surface area contributed by atoms with Crippen molar-refractivity contribution in [2.24, 2.45) is 0 Å². The van der Waals surface area contributed by atoms with Gasteiger partial charge >= 0.3 is 0 Å². The van der Waals surface area contributed by atoms with Crippen LogP contribution in [0.5, 0.6) is 5.88 Å². The van der Waals surface area contributed by atoms with Crippen molar-refractivity contribution in [2.45, 2.75) is 38.1 Å². The number of benzene rings is 1. The van der Waals surface area contributed by atoms with Crippen molar-refractivity contribution in [2.75, 3.05) is 26.8 Å². The number of nitrogens with zero attached hydrogens (tertiary/aromatic N) is 3. The molecule has 8 heteroatoms. The van der Waals surface area contributed by atoms with E-state index >= 15 is 0 Å². The van der Waals surface area contributed by atoms with Gasteiger partial charge in [-0.25, -0.2) is 4.68 Å². The Morgan fingerprint density at radius 3 is 3.00 bits per heavy atom. The van der Waals surface area contributed by atoms with Gasteiger partial charge in [-0.05, 0) is 38.0 Å². The molecule has 2 aromatic rings. The number of hydrogen-bond acceptors (Lipinski definition) is 6. The van der Waals surface area contributed by atoms with Gasteiger partial charge in [0.2, 0.25) is 17.8 Å². The van der Waals surface area contributed by atoms with Gasteiger partial charge in [-0.1, -0.05) is 17.9 Å². The zero-order valence-electron chi connectivity index (χ0n) is 17.1. The lowest BCUT2D eigenvalue weighted by Crippen LogP contribution is -2.37. The minimum atomic E-state index is -1.65. The molecule has 2 aliphatic rings. The van der Waals surface area contributed by atoms with Gasteiger partial charge in [-0.3, -0.25) is 4.79 Å². The number of carbonyl (C=O) groups excluding carboxylic acids is 1. The summed E-state index contributed by atoms with van der Waals surface area (Å²) < 4.78 is 12.8. The van der Waals surface area contributed by atoms with Crippen LogP contribution >= 0.6 is 0 Å². The molecule has 4 rings (SSSR count). The highest BCUT2D eigenvalue weighted by Gasteiger charge is 2.42. The highest BCUT2D eigenvalue weighted by molar-refractivity contribution is 5.90. The van der Waals surface area contributed by atoms with Crippen LogP contribution in [-0.2, 0) is 16.0 Å². The standard InChI is InChI=1S/C22H25N3O5/c1-3-29-20(26)18-17-8-5-13-30-19(17)25(23-18)16-7-4-6-15(14-16)9-10-22(28)11-12-24(2)21(22)27/h4,6-7,14,20,26,28H,3,5,8,11-13H2,1-2H3/t20?,22-/m0/s1. The van der Waals surface area contributed by atoms with Crippen molar-refractivity contribution < 1.29 is 24.5 Å². The summed E-state index contributed by atoms with van der Waals surface area (Å²) in [6.07, 6.45) is 0.761. The molecule has 0 aliphatic carbocycles. The number of aliphatic hydroxyl groups is 2. The fraction of sp³-hybridized carbons (Fsp3) is 0.455. The van der Waals surface area contributed by atoms with E-state index in [4.69, 9.17) is 9.47 Å². The smallest absolute Gasteiger partial charge is 0.267 e. The molecule has 158 valence electrons. The van der Waals surface area contributed by atoms with Crippen LogP contribution in [0.2, 0.25) is 0 Å². The van der Waals surface area contributed by atoms with Crippen LogP contribution < -0.4 is 4.74 Å². The van der Waals surface area contributed by atoms with E-state index < -0.39 is 11.9 Å². The van der Waals surface area contributed by atoms with Crippen molar-refractivity contribution in [3.63, 3.8) is 0 Å². The predicted octanol–water partition coefficient (Wildman–Crippen LogP) is 1.17. The molecule has 2 aliphatic heterocycles. The predicted molar refractivity (Wildman–Crippen MR) is 108 cm³/mol. The number of likely N-dealkylation sites (tertiary alicyclic amines) is 1. The van der Waals surface area contributed by atoms with Crippen molar-refractivity contribution >= 4 is 5.91 Å². The number of hydrogen-bond donors (Lipinski definition) is 2. The molecule has 30 heavy (non-hydrogen) atoms. The van der Waals surface area contributed by atoms with Crippen LogP contribution in [0.4, 0.5) is 0 Å². The van der Waals surface area contributed by atoms with Crippen LogP contribution in [0.3, 0.4) is 0 Å². The fourth-order valence-electron chi connectivity index (χ4n) is 3.72. The summed E-state index contributed by atoms with van der Waals surface area (Å²) in [6.45, 7) is 3.23. The summed E-state index contributed by atoms with van der Waals surface area (Å²) in [5.74, 6) is 5.85. The van der Waals surface area contributed by atoms with Crippen LogP contribution in [0.1, 0.15) is 42.9 Å². The molecule has 1 unspecified atom stereocenters. The lowest BCUT2D eigenvalue weighted by Gasteiger charge is -2.16. The Labute approximate surface area is 175 Å². The molecule has 1 saturated heterocycles. The van der Waals surface area contributed by atoms with Crippen LogP contribution in [0.25, 0.3) is 5.69 Å². The SMILES string of the molecule is CCOC(O)c1nn(-c2cccc(C#C[C@]3(O)CCN(C)C3=O)c2)c2c1CCCO2. The Hall–Kier alpha value is -2.86. The average Bonchev–Trinajstić information content (AvgIpc) is 3.27. The maximum Gasteiger partial charge on any atom is 0.267 e. The molecule has 1 fully saturated rings. The Kier molecular flexibility index (Phi) is 5.52. The van der Waals surface area contributed by atoms with Crippen molar-refractivity contribution in [3.05, 3.63) is 41.1 Å². The van der Waals surface area contributed by atoms with Crippen LogP contribution in [-0.4, -0.2) is 63.2 Å². The highest BCUT2D eigenvalue weighted by atomic mass is 16.6. The Bertz CT molecular complexity index is 1020. The first-order valence-electron chi connectivity index (χ1n) is 10.1. The van der Waals surface area contributed by atoms with Crippen LogP contribution in [0.15, 0.2) is 24.3 Å². The molecule has 1 aromatic carbocycles. The Balaban J connectivity index is 1.68.